The van der Waals surface area contributed by atoms with Gasteiger partial charge in [-0.1, -0.05) is 31.9 Å². The van der Waals surface area contributed by atoms with Gasteiger partial charge in [-0.3, -0.25) is 0 Å². The van der Waals surface area contributed by atoms with Crippen molar-refractivity contribution < 1.29 is 9.84 Å². The van der Waals surface area contributed by atoms with Crippen LogP contribution in [0.4, 0.5) is 0 Å². The Balaban J connectivity index is 2.18. The Morgan fingerprint density at radius 2 is 1.81 bits per heavy atom. The molecule has 2 rings (SSSR count). The zero-order valence-corrected chi connectivity index (χ0v) is 13.3. The van der Waals surface area contributed by atoms with Gasteiger partial charge >= 0.3 is 0 Å². The number of nitrogens with two attached hydrogens (primary N) is 1. The van der Waals surface area contributed by atoms with Crippen molar-refractivity contribution in [2.24, 2.45) is 11.1 Å². The molecule has 0 spiro atoms. The van der Waals surface area contributed by atoms with Crippen LogP contribution in [-0.2, 0) is 0 Å². The summed E-state index contributed by atoms with van der Waals surface area (Å²) in [5.41, 5.74) is 7.17. The first-order chi connectivity index (χ1) is 10.2. The first-order valence-electron chi connectivity index (χ1n) is 8.27. The van der Waals surface area contributed by atoms with Crippen molar-refractivity contribution in [3.63, 3.8) is 0 Å². The van der Waals surface area contributed by atoms with Crippen molar-refractivity contribution in [2.75, 3.05) is 13.2 Å². The lowest BCUT2D eigenvalue weighted by atomic mass is 9.71. The van der Waals surface area contributed by atoms with E-state index >= 15 is 0 Å². The minimum Gasteiger partial charge on any atom is -0.494 e. The average Bonchev–Trinajstić information content (AvgIpc) is 3.00. The maximum atomic E-state index is 11.0. The highest BCUT2D eigenvalue weighted by atomic mass is 16.5. The third-order valence-electron chi connectivity index (χ3n) is 5.19. The number of ether oxygens (including phenoxy) is 1. The maximum absolute atomic E-state index is 11.0. The lowest BCUT2D eigenvalue weighted by Crippen LogP contribution is -2.40. The number of hydrogen-bond donors (Lipinski definition) is 2. The predicted octanol–water partition coefficient (Wildman–Crippen LogP) is 3.46. The third kappa shape index (κ3) is 3.41. The van der Waals surface area contributed by atoms with Gasteiger partial charge in [-0.2, -0.15) is 0 Å². The van der Waals surface area contributed by atoms with Crippen molar-refractivity contribution in [1.82, 2.24) is 0 Å². The summed E-state index contributed by atoms with van der Waals surface area (Å²) in [6, 6.07) is 8.04. The van der Waals surface area contributed by atoms with E-state index < -0.39 is 0 Å². The molecule has 1 aliphatic carbocycles. The Bertz CT molecular complexity index is 423. The number of hydrogen-bond acceptors (Lipinski definition) is 3. The highest BCUT2D eigenvalue weighted by molar-refractivity contribution is 5.30. The van der Waals surface area contributed by atoms with Crippen molar-refractivity contribution in [3.8, 4) is 5.75 Å². The minimum atomic E-state index is -0.354. The van der Waals surface area contributed by atoms with Crippen LogP contribution >= 0.6 is 0 Å². The number of benzene rings is 1. The van der Waals surface area contributed by atoms with Crippen LogP contribution in [0.3, 0.4) is 0 Å². The fourth-order valence-electron chi connectivity index (χ4n) is 3.79. The second-order valence-corrected chi connectivity index (χ2v) is 6.21. The Kier molecular flexibility index (Phi) is 5.65. The molecule has 0 aromatic heterocycles. The lowest BCUT2D eigenvalue weighted by Gasteiger charge is -2.38. The van der Waals surface area contributed by atoms with Crippen molar-refractivity contribution >= 4 is 0 Å². The topological polar surface area (TPSA) is 55.5 Å². The molecular weight excluding hydrogens is 262 g/mol. The fraction of sp³-hybridized carbons (Fsp3) is 0.667. The molecule has 1 aromatic carbocycles. The summed E-state index contributed by atoms with van der Waals surface area (Å²) in [5.74, 6) is 0.885. The van der Waals surface area contributed by atoms with Gasteiger partial charge in [0, 0.05) is 12.5 Å². The van der Waals surface area contributed by atoms with Crippen LogP contribution in [0, 0.1) is 5.41 Å². The van der Waals surface area contributed by atoms with Crippen molar-refractivity contribution in [2.45, 2.75) is 58.0 Å². The molecule has 1 fully saturated rings. The maximum Gasteiger partial charge on any atom is 0.119 e. The van der Waals surface area contributed by atoms with Gasteiger partial charge in [0.15, 0.2) is 0 Å². The molecule has 2 unspecified atom stereocenters. The molecule has 0 bridgehead atoms. The Morgan fingerprint density at radius 1 is 1.19 bits per heavy atom. The van der Waals surface area contributed by atoms with Gasteiger partial charge in [0.05, 0.1) is 12.7 Å². The molecule has 0 heterocycles. The number of rotatable bonds is 7. The molecule has 3 heteroatoms. The second kappa shape index (κ2) is 7.28. The van der Waals surface area contributed by atoms with E-state index in [0.717, 1.165) is 30.6 Å². The van der Waals surface area contributed by atoms with Crippen molar-refractivity contribution in [3.05, 3.63) is 29.8 Å². The average molecular weight is 291 g/mol. The molecule has 0 amide bonds. The molecule has 21 heavy (non-hydrogen) atoms. The summed E-state index contributed by atoms with van der Waals surface area (Å²) in [5, 5.41) is 11.0. The number of aliphatic hydroxyl groups is 1. The van der Waals surface area contributed by atoms with E-state index in [4.69, 9.17) is 10.5 Å². The summed E-state index contributed by atoms with van der Waals surface area (Å²) in [4.78, 5) is 0. The highest BCUT2D eigenvalue weighted by Crippen LogP contribution is 2.47. The molecule has 2 atom stereocenters. The monoisotopic (exact) mass is 291 g/mol. The van der Waals surface area contributed by atoms with Gasteiger partial charge in [-0.05, 0) is 49.3 Å². The van der Waals surface area contributed by atoms with E-state index in [1.807, 2.05) is 31.2 Å². The van der Waals surface area contributed by atoms with Gasteiger partial charge in [-0.25, -0.2) is 0 Å². The van der Waals surface area contributed by atoms with Crippen LogP contribution < -0.4 is 10.5 Å². The van der Waals surface area contributed by atoms with E-state index in [2.05, 4.69) is 6.92 Å². The lowest BCUT2D eigenvalue weighted by molar-refractivity contribution is 0.00600. The van der Waals surface area contributed by atoms with Crippen molar-refractivity contribution in [1.29, 1.82) is 0 Å². The smallest absolute Gasteiger partial charge is 0.119 e. The van der Waals surface area contributed by atoms with Crippen LogP contribution in [0.25, 0.3) is 0 Å². The summed E-state index contributed by atoms with van der Waals surface area (Å²) < 4.78 is 5.48. The molecule has 3 N–H and O–H groups in total. The first kappa shape index (κ1) is 16.3. The Labute approximate surface area is 128 Å². The van der Waals surface area contributed by atoms with Crippen LogP contribution in [0.15, 0.2) is 24.3 Å². The van der Waals surface area contributed by atoms with E-state index in [1.165, 1.54) is 12.8 Å². The standard InChI is InChI=1S/C18H29NO2/c1-3-18(11-5-6-12-18)17(20)16(13-19)14-7-9-15(10-8-14)21-4-2/h7-10,16-17,20H,3-6,11-13,19H2,1-2H3. The molecule has 1 aromatic rings. The summed E-state index contributed by atoms with van der Waals surface area (Å²) in [7, 11) is 0. The van der Waals surface area contributed by atoms with Gasteiger partial charge in [0.1, 0.15) is 5.75 Å². The Hall–Kier alpha value is -1.06. The largest absolute Gasteiger partial charge is 0.494 e. The quantitative estimate of drug-likeness (QED) is 0.809. The zero-order valence-electron chi connectivity index (χ0n) is 13.3. The molecular formula is C18H29NO2. The zero-order chi connectivity index (χ0) is 15.3. The summed E-state index contributed by atoms with van der Waals surface area (Å²) >= 11 is 0. The van der Waals surface area contributed by atoms with E-state index in [9.17, 15) is 5.11 Å². The van der Waals surface area contributed by atoms with Gasteiger partial charge in [0.25, 0.3) is 0 Å². The molecule has 118 valence electrons. The van der Waals surface area contributed by atoms with E-state index in [0.29, 0.717) is 13.2 Å². The van der Waals surface area contributed by atoms with Crippen LogP contribution in [0.5, 0.6) is 5.75 Å². The molecule has 0 aliphatic heterocycles. The van der Waals surface area contributed by atoms with Crippen LogP contribution in [0.2, 0.25) is 0 Å². The molecule has 3 nitrogen and oxygen atoms in total. The number of aliphatic hydroxyl groups excluding tert-OH is 1. The highest BCUT2D eigenvalue weighted by Gasteiger charge is 2.42. The minimum absolute atomic E-state index is 0.0127. The van der Waals surface area contributed by atoms with E-state index in [-0.39, 0.29) is 17.4 Å². The molecule has 0 radical (unpaired) electrons. The fourth-order valence-corrected chi connectivity index (χ4v) is 3.79. The molecule has 1 aliphatic rings. The normalized spacial score (nSPS) is 20.2. The van der Waals surface area contributed by atoms with Gasteiger partial charge in [-0.15, -0.1) is 0 Å². The molecule has 0 saturated heterocycles. The summed E-state index contributed by atoms with van der Waals surface area (Å²) in [6.45, 7) is 5.32. The van der Waals surface area contributed by atoms with Crippen LogP contribution in [0.1, 0.15) is 57.4 Å². The van der Waals surface area contributed by atoms with Gasteiger partial charge in [0.2, 0.25) is 0 Å². The third-order valence-corrected chi connectivity index (χ3v) is 5.19. The van der Waals surface area contributed by atoms with Crippen LogP contribution in [-0.4, -0.2) is 24.4 Å². The molecule has 1 saturated carbocycles. The van der Waals surface area contributed by atoms with Gasteiger partial charge < -0.3 is 15.6 Å². The summed E-state index contributed by atoms with van der Waals surface area (Å²) in [6.07, 6.45) is 5.38. The first-order valence-corrected chi connectivity index (χ1v) is 8.27. The van der Waals surface area contributed by atoms with E-state index in [1.54, 1.807) is 0 Å². The SMILES string of the molecule is CCOc1ccc(C(CN)C(O)C2(CC)CCCC2)cc1. The predicted molar refractivity (Wildman–Crippen MR) is 86.6 cm³/mol. The second-order valence-electron chi connectivity index (χ2n) is 6.21. The Morgan fingerprint density at radius 3 is 2.29 bits per heavy atom.